The predicted molar refractivity (Wildman–Crippen MR) is 95.8 cm³/mol. The molecule has 4 nitrogen and oxygen atoms in total. The van der Waals surface area contributed by atoms with Crippen molar-refractivity contribution in [1.82, 2.24) is 0 Å². The fraction of sp³-hybridized carbons (Fsp3) is 0.650. The van der Waals surface area contributed by atoms with Crippen molar-refractivity contribution in [3.63, 3.8) is 0 Å². The van der Waals surface area contributed by atoms with Gasteiger partial charge in [-0.3, -0.25) is 4.79 Å². The van der Waals surface area contributed by atoms with Gasteiger partial charge in [-0.15, -0.1) is 0 Å². The topological polar surface area (TPSA) is 38.8 Å². The zero-order chi connectivity index (χ0) is 17.1. The van der Waals surface area contributed by atoms with Gasteiger partial charge in [-0.2, -0.15) is 0 Å². The van der Waals surface area contributed by atoms with Crippen LogP contribution in [0.15, 0.2) is 12.1 Å². The maximum atomic E-state index is 12.8. The number of fused-ring (bicyclic) bond motifs is 1. The SMILES string of the molecule is COc1ccc(C)c2c1N(C(=O)CO[C@@H]1CCCC[C@@H]1C)CCC2. The number of hydrogen-bond acceptors (Lipinski definition) is 3. The number of benzene rings is 1. The average Bonchev–Trinajstić information content (AvgIpc) is 2.61. The zero-order valence-corrected chi connectivity index (χ0v) is 15.1. The van der Waals surface area contributed by atoms with Crippen molar-refractivity contribution < 1.29 is 14.3 Å². The van der Waals surface area contributed by atoms with Gasteiger partial charge in [0, 0.05) is 6.54 Å². The summed E-state index contributed by atoms with van der Waals surface area (Å²) in [6.07, 6.45) is 7.00. The molecule has 1 aliphatic carbocycles. The Hall–Kier alpha value is -1.55. The van der Waals surface area contributed by atoms with Gasteiger partial charge in [-0.25, -0.2) is 0 Å². The number of aryl methyl sites for hydroxylation is 1. The molecule has 0 spiro atoms. The van der Waals surface area contributed by atoms with Crippen molar-refractivity contribution in [2.75, 3.05) is 25.2 Å². The Morgan fingerprint density at radius 1 is 1.25 bits per heavy atom. The lowest BCUT2D eigenvalue weighted by molar-refractivity contribution is -0.127. The second-order valence-electron chi connectivity index (χ2n) is 7.17. The molecule has 0 bridgehead atoms. The number of carbonyl (C=O) groups is 1. The number of methoxy groups -OCH3 is 1. The van der Waals surface area contributed by atoms with Crippen LogP contribution in [0.1, 0.15) is 50.2 Å². The molecule has 1 saturated carbocycles. The number of hydrogen-bond donors (Lipinski definition) is 0. The molecule has 0 aromatic heterocycles. The van der Waals surface area contributed by atoms with E-state index in [1.54, 1.807) is 7.11 Å². The number of ether oxygens (including phenoxy) is 2. The van der Waals surface area contributed by atoms with Crippen LogP contribution in [0.2, 0.25) is 0 Å². The van der Waals surface area contributed by atoms with Gasteiger partial charge in [0.05, 0.1) is 18.9 Å². The molecule has 1 aromatic rings. The number of carbonyl (C=O) groups excluding carboxylic acids is 1. The van der Waals surface area contributed by atoms with Crippen molar-refractivity contribution in [3.05, 3.63) is 23.3 Å². The molecule has 4 heteroatoms. The Balaban J connectivity index is 1.74. The normalized spacial score (nSPS) is 23.7. The van der Waals surface area contributed by atoms with Crippen LogP contribution >= 0.6 is 0 Å². The monoisotopic (exact) mass is 331 g/mol. The third kappa shape index (κ3) is 3.44. The fourth-order valence-corrected chi connectivity index (χ4v) is 4.05. The van der Waals surface area contributed by atoms with Crippen molar-refractivity contribution in [2.24, 2.45) is 5.92 Å². The van der Waals surface area contributed by atoms with E-state index in [0.717, 1.165) is 37.2 Å². The fourth-order valence-electron chi connectivity index (χ4n) is 4.05. The first-order valence-corrected chi connectivity index (χ1v) is 9.20. The lowest BCUT2D eigenvalue weighted by Gasteiger charge is -2.33. The molecule has 0 unspecified atom stereocenters. The van der Waals surface area contributed by atoms with Crippen LogP contribution < -0.4 is 9.64 Å². The van der Waals surface area contributed by atoms with E-state index < -0.39 is 0 Å². The minimum Gasteiger partial charge on any atom is -0.495 e. The summed E-state index contributed by atoms with van der Waals surface area (Å²) in [5.74, 6) is 1.39. The molecule has 1 amide bonds. The molecule has 1 aliphatic heterocycles. The number of anilines is 1. The molecule has 2 atom stereocenters. The van der Waals surface area contributed by atoms with Gasteiger partial charge in [-0.05, 0) is 55.7 Å². The molecule has 1 aromatic carbocycles. The summed E-state index contributed by atoms with van der Waals surface area (Å²) < 4.78 is 11.5. The molecule has 0 saturated heterocycles. The first-order chi connectivity index (χ1) is 11.6. The summed E-state index contributed by atoms with van der Waals surface area (Å²) in [6.45, 7) is 5.25. The van der Waals surface area contributed by atoms with Crippen molar-refractivity contribution >= 4 is 11.6 Å². The van der Waals surface area contributed by atoms with Crippen LogP contribution in [0, 0.1) is 12.8 Å². The van der Waals surface area contributed by atoms with Crippen LogP contribution in [-0.4, -0.2) is 32.3 Å². The first-order valence-electron chi connectivity index (χ1n) is 9.20. The highest BCUT2D eigenvalue weighted by atomic mass is 16.5. The van der Waals surface area contributed by atoms with Crippen LogP contribution in [0.5, 0.6) is 5.75 Å². The van der Waals surface area contributed by atoms with Crippen LogP contribution in [0.4, 0.5) is 5.69 Å². The van der Waals surface area contributed by atoms with Gasteiger partial charge in [-0.1, -0.05) is 25.8 Å². The predicted octanol–water partition coefficient (Wildman–Crippen LogP) is 3.88. The number of amides is 1. The highest BCUT2D eigenvalue weighted by molar-refractivity contribution is 5.97. The smallest absolute Gasteiger partial charge is 0.253 e. The van der Waals surface area contributed by atoms with E-state index in [2.05, 4.69) is 19.9 Å². The second kappa shape index (κ2) is 7.56. The Bertz CT molecular complexity index is 599. The molecule has 24 heavy (non-hydrogen) atoms. The summed E-state index contributed by atoms with van der Waals surface area (Å²) in [5.41, 5.74) is 3.42. The van der Waals surface area contributed by atoms with Crippen LogP contribution in [0.25, 0.3) is 0 Å². The molecule has 132 valence electrons. The minimum absolute atomic E-state index is 0.0534. The van der Waals surface area contributed by atoms with Crippen LogP contribution in [0.3, 0.4) is 0 Å². The van der Waals surface area contributed by atoms with Gasteiger partial charge in [0.15, 0.2) is 0 Å². The van der Waals surface area contributed by atoms with Gasteiger partial charge < -0.3 is 14.4 Å². The quantitative estimate of drug-likeness (QED) is 0.840. The van der Waals surface area contributed by atoms with Crippen molar-refractivity contribution in [2.45, 2.75) is 58.5 Å². The molecule has 1 fully saturated rings. The third-order valence-electron chi connectivity index (χ3n) is 5.53. The van der Waals surface area contributed by atoms with Gasteiger partial charge in [0.1, 0.15) is 12.4 Å². The molecular weight excluding hydrogens is 302 g/mol. The van der Waals surface area contributed by atoms with Gasteiger partial charge in [0.25, 0.3) is 5.91 Å². The summed E-state index contributed by atoms with van der Waals surface area (Å²) in [6, 6.07) is 4.04. The largest absolute Gasteiger partial charge is 0.495 e. The standard InChI is InChI=1S/C20H29NO3/c1-14-10-11-18(23-3)20-16(14)8-6-12-21(20)19(22)13-24-17-9-5-4-7-15(17)2/h10-11,15,17H,4-9,12-13H2,1-3H3/t15-,17+/m0/s1. The Morgan fingerprint density at radius 2 is 2.04 bits per heavy atom. The average molecular weight is 331 g/mol. The van der Waals surface area contributed by atoms with Gasteiger partial charge in [0.2, 0.25) is 0 Å². The van der Waals surface area contributed by atoms with Gasteiger partial charge >= 0.3 is 0 Å². The summed E-state index contributed by atoms with van der Waals surface area (Å²) in [5, 5.41) is 0. The molecule has 2 aliphatic rings. The second-order valence-corrected chi connectivity index (χ2v) is 7.17. The molecule has 1 heterocycles. The van der Waals surface area contributed by atoms with Crippen molar-refractivity contribution in [3.8, 4) is 5.75 Å². The maximum absolute atomic E-state index is 12.8. The lowest BCUT2D eigenvalue weighted by Crippen LogP contribution is -2.40. The van der Waals surface area contributed by atoms with E-state index in [1.165, 1.54) is 30.4 Å². The summed E-state index contributed by atoms with van der Waals surface area (Å²) >= 11 is 0. The zero-order valence-electron chi connectivity index (χ0n) is 15.1. The van der Waals surface area contributed by atoms with E-state index in [4.69, 9.17) is 9.47 Å². The summed E-state index contributed by atoms with van der Waals surface area (Å²) in [7, 11) is 1.67. The molecule has 0 radical (unpaired) electrons. The lowest BCUT2D eigenvalue weighted by atomic mass is 9.88. The number of rotatable bonds is 4. The molecular formula is C20H29NO3. The van der Waals surface area contributed by atoms with Crippen LogP contribution in [-0.2, 0) is 16.0 Å². The Labute approximate surface area is 145 Å². The third-order valence-corrected chi connectivity index (χ3v) is 5.53. The van der Waals surface area contributed by atoms with E-state index in [1.807, 2.05) is 11.0 Å². The summed E-state index contributed by atoms with van der Waals surface area (Å²) in [4.78, 5) is 14.7. The highest BCUT2D eigenvalue weighted by Gasteiger charge is 2.29. The maximum Gasteiger partial charge on any atom is 0.253 e. The number of nitrogens with zero attached hydrogens (tertiary/aromatic N) is 1. The van der Waals surface area contributed by atoms with E-state index in [9.17, 15) is 4.79 Å². The highest BCUT2D eigenvalue weighted by Crippen LogP contribution is 2.38. The molecule has 0 N–H and O–H groups in total. The Morgan fingerprint density at radius 3 is 2.79 bits per heavy atom. The van der Waals surface area contributed by atoms with Crippen molar-refractivity contribution in [1.29, 1.82) is 0 Å². The van der Waals surface area contributed by atoms with E-state index in [-0.39, 0.29) is 18.6 Å². The molecule has 3 rings (SSSR count). The Kier molecular flexibility index (Phi) is 5.44. The van der Waals surface area contributed by atoms with E-state index in [0.29, 0.717) is 5.92 Å². The minimum atomic E-state index is 0.0534. The first kappa shape index (κ1) is 17.3. The van der Waals surface area contributed by atoms with E-state index >= 15 is 0 Å².